The van der Waals surface area contributed by atoms with Gasteiger partial charge in [0, 0.05) is 90.5 Å². The number of carbonyl (C=O) groups excluding carboxylic acids is 1. The van der Waals surface area contributed by atoms with Crippen LogP contribution in [0.2, 0.25) is 5.02 Å². The van der Waals surface area contributed by atoms with Crippen LogP contribution in [0.5, 0.6) is 0 Å². The van der Waals surface area contributed by atoms with E-state index in [1.54, 1.807) is 0 Å². The molecule has 1 atom stereocenters. The summed E-state index contributed by atoms with van der Waals surface area (Å²) in [7, 11) is 0. The molecule has 4 aliphatic heterocycles. The van der Waals surface area contributed by atoms with E-state index in [0.717, 1.165) is 118 Å². The van der Waals surface area contributed by atoms with Gasteiger partial charge in [-0.1, -0.05) is 18.2 Å². The van der Waals surface area contributed by atoms with E-state index in [9.17, 15) is 4.79 Å². The molecule has 0 unspecified atom stereocenters. The summed E-state index contributed by atoms with van der Waals surface area (Å²) in [5.41, 5.74) is 5.65. The number of carbonyl (C=O) groups is 1. The zero-order valence-corrected chi connectivity index (χ0v) is 29.2. The number of fused-ring (bicyclic) bond motifs is 1. The molecule has 1 aromatic carbocycles. The van der Waals surface area contributed by atoms with Crippen LogP contribution in [0.4, 0.5) is 5.82 Å². The molecule has 1 N–H and O–H groups in total. The minimum atomic E-state index is -0.0588. The summed E-state index contributed by atoms with van der Waals surface area (Å²) >= 11 is 6.88. The first-order valence-electron chi connectivity index (χ1n) is 17.5. The molecule has 1 amide bonds. The van der Waals surface area contributed by atoms with E-state index >= 15 is 0 Å². The summed E-state index contributed by atoms with van der Waals surface area (Å²) in [5.74, 6) is 1.76. The number of hydrogen-bond donors (Lipinski definition) is 1. The third-order valence-electron chi connectivity index (χ3n) is 12.1. The van der Waals surface area contributed by atoms with Crippen LogP contribution in [0.25, 0.3) is 22.0 Å². The van der Waals surface area contributed by atoms with Gasteiger partial charge < -0.3 is 19.4 Å². The molecule has 1 aliphatic carbocycles. The largest absolute Gasteiger partial charge is 0.378 e. The van der Waals surface area contributed by atoms with Crippen LogP contribution in [-0.4, -0.2) is 118 Å². The predicted molar refractivity (Wildman–Crippen MR) is 186 cm³/mol. The Kier molecular flexibility index (Phi) is 7.74. The van der Waals surface area contributed by atoms with Crippen LogP contribution >= 0.6 is 11.6 Å². The topological polar surface area (TPSA) is 85.8 Å². The lowest BCUT2D eigenvalue weighted by Crippen LogP contribution is -2.63. The Morgan fingerprint density at radius 2 is 1.83 bits per heavy atom. The number of aromatic amines is 1. The SMILES string of the molecule is C=CC(=O)N1CC2(CC(n3nc(N4CC[C@@H](CN5CCN(C6COC6)CC5)CC4(C)C)c(-c4c(C)c(Cl)cc5[nH]ncc45)c3C)C2)C1. The fourth-order valence-electron chi connectivity index (χ4n) is 9.44. The zero-order chi connectivity index (χ0) is 32.7. The van der Waals surface area contributed by atoms with Gasteiger partial charge in [0.1, 0.15) is 0 Å². The third-order valence-corrected chi connectivity index (χ3v) is 12.5. The molecule has 2 aromatic heterocycles. The van der Waals surface area contributed by atoms with E-state index in [2.05, 4.69) is 63.9 Å². The van der Waals surface area contributed by atoms with Crippen LogP contribution in [0.3, 0.4) is 0 Å². The number of H-pyrrole nitrogens is 1. The number of piperazine rings is 1. The van der Waals surface area contributed by atoms with Crippen molar-refractivity contribution < 1.29 is 9.53 Å². The number of nitrogens with one attached hydrogen (secondary N) is 1. The van der Waals surface area contributed by atoms with Crippen LogP contribution in [0, 0.1) is 25.2 Å². The van der Waals surface area contributed by atoms with E-state index < -0.39 is 0 Å². The maximum absolute atomic E-state index is 12.2. The number of piperidine rings is 1. The molecule has 8 rings (SSSR count). The van der Waals surface area contributed by atoms with Gasteiger partial charge in [0.15, 0.2) is 5.82 Å². The molecule has 6 heterocycles. The van der Waals surface area contributed by atoms with Gasteiger partial charge in [-0.05, 0) is 77.0 Å². The predicted octanol–water partition coefficient (Wildman–Crippen LogP) is 5.06. The highest BCUT2D eigenvalue weighted by Gasteiger charge is 2.54. The molecular formula is C36H49ClN8O2. The second-order valence-corrected chi connectivity index (χ2v) is 16.1. The highest BCUT2D eigenvalue weighted by atomic mass is 35.5. The molecule has 4 saturated heterocycles. The first-order chi connectivity index (χ1) is 22.6. The summed E-state index contributed by atoms with van der Waals surface area (Å²) in [5, 5.41) is 14.9. The van der Waals surface area contributed by atoms with Crippen molar-refractivity contribution in [3.05, 3.63) is 41.2 Å². The molecule has 0 radical (unpaired) electrons. The standard InChI is InChI=1S/C36H49ClN8O2/c1-6-31(46)43-21-36(22-43)15-26(16-36)45-24(3)33(32-23(2)29(37)13-30-28(32)17-38-39-30)34(40-45)44-8-7-25(14-35(44,4)5)18-41-9-11-42(12-10-41)27-19-47-20-27/h6,13,17,25-27H,1,7-12,14-16,18-22H2,2-5H3,(H,38,39)/t25-/m1/s1. The van der Waals surface area contributed by atoms with Crippen molar-refractivity contribution in [3.8, 4) is 11.1 Å². The molecule has 1 saturated carbocycles. The van der Waals surface area contributed by atoms with Crippen molar-refractivity contribution in [1.29, 1.82) is 0 Å². The van der Waals surface area contributed by atoms with Crippen molar-refractivity contribution in [1.82, 2.24) is 34.7 Å². The minimum absolute atomic E-state index is 0.0381. The quantitative estimate of drug-likeness (QED) is 0.355. The van der Waals surface area contributed by atoms with Crippen LogP contribution < -0.4 is 4.90 Å². The summed E-state index contributed by atoms with van der Waals surface area (Å²) < 4.78 is 7.74. The number of hydrogen-bond acceptors (Lipinski definition) is 7. The number of anilines is 1. The average molecular weight is 661 g/mol. The molecule has 252 valence electrons. The lowest BCUT2D eigenvalue weighted by Gasteiger charge is -2.58. The maximum atomic E-state index is 12.2. The zero-order valence-electron chi connectivity index (χ0n) is 28.4. The molecule has 11 heteroatoms. The minimum Gasteiger partial charge on any atom is -0.378 e. The Balaban J connectivity index is 1.07. The number of rotatable bonds is 7. The first-order valence-corrected chi connectivity index (χ1v) is 17.9. The van der Waals surface area contributed by atoms with E-state index in [1.807, 2.05) is 17.2 Å². The molecule has 3 aromatic rings. The van der Waals surface area contributed by atoms with Crippen LogP contribution in [0.15, 0.2) is 24.9 Å². The van der Waals surface area contributed by atoms with Crippen molar-refractivity contribution in [3.63, 3.8) is 0 Å². The lowest BCUT2D eigenvalue weighted by molar-refractivity contribution is -0.149. The Morgan fingerprint density at radius 1 is 1.09 bits per heavy atom. The normalized spacial score (nSPS) is 25.2. The van der Waals surface area contributed by atoms with E-state index in [1.165, 1.54) is 23.9 Å². The van der Waals surface area contributed by atoms with Crippen molar-refractivity contribution in [2.24, 2.45) is 11.3 Å². The Morgan fingerprint density at radius 3 is 2.49 bits per heavy atom. The van der Waals surface area contributed by atoms with Crippen molar-refractivity contribution in [2.45, 2.75) is 71.0 Å². The summed E-state index contributed by atoms with van der Waals surface area (Å²) in [6.45, 7) is 23.0. The highest BCUT2D eigenvalue weighted by molar-refractivity contribution is 6.33. The maximum Gasteiger partial charge on any atom is 0.245 e. The molecule has 47 heavy (non-hydrogen) atoms. The van der Waals surface area contributed by atoms with Crippen molar-refractivity contribution >= 4 is 34.2 Å². The molecular weight excluding hydrogens is 612 g/mol. The fourth-order valence-corrected chi connectivity index (χ4v) is 9.64. The number of benzene rings is 1. The van der Waals surface area contributed by atoms with Crippen LogP contribution in [-0.2, 0) is 9.53 Å². The number of likely N-dealkylation sites (tertiary alicyclic amines) is 1. The van der Waals surface area contributed by atoms with Gasteiger partial charge in [-0.15, -0.1) is 0 Å². The summed E-state index contributed by atoms with van der Waals surface area (Å²) in [6, 6.07) is 2.94. The number of nitrogens with zero attached hydrogens (tertiary/aromatic N) is 7. The molecule has 5 aliphatic rings. The number of amides is 1. The Hall–Kier alpha value is -2.92. The number of aromatic nitrogens is 4. The number of ether oxygens (including phenoxy) is 1. The Bertz CT molecular complexity index is 1690. The van der Waals surface area contributed by atoms with Gasteiger partial charge in [0.2, 0.25) is 5.91 Å². The second kappa shape index (κ2) is 11.6. The highest BCUT2D eigenvalue weighted by Crippen LogP contribution is 2.56. The van der Waals surface area contributed by atoms with Gasteiger partial charge in [0.25, 0.3) is 0 Å². The van der Waals surface area contributed by atoms with Gasteiger partial charge in [-0.2, -0.15) is 10.2 Å². The van der Waals surface area contributed by atoms with Crippen molar-refractivity contribution in [2.75, 3.05) is 70.5 Å². The fraction of sp³-hybridized carbons (Fsp3) is 0.639. The third kappa shape index (κ3) is 5.30. The average Bonchev–Trinajstić information content (AvgIpc) is 3.56. The second-order valence-electron chi connectivity index (χ2n) is 15.7. The van der Waals surface area contributed by atoms with Gasteiger partial charge in [-0.3, -0.25) is 19.5 Å². The van der Waals surface area contributed by atoms with Gasteiger partial charge in [0.05, 0.1) is 37.0 Å². The lowest BCUT2D eigenvalue weighted by atomic mass is 9.60. The molecule has 10 nitrogen and oxygen atoms in total. The van der Waals surface area contributed by atoms with Gasteiger partial charge >= 0.3 is 0 Å². The first kappa shape index (κ1) is 31.4. The van der Waals surface area contributed by atoms with Crippen LogP contribution in [0.1, 0.15) is 56.8 Å². The molecule has 5 fully saturated rings. The summed E-state index contributed by atoms with van der Waals surface area (Å²) in [6.07, 6.45) is 7.72. The van der Waals surface area contributed by atoms with E-state index in [-0.39, 0.29) is 16.9 Å². The number of halogens is 1. The van der Waals surface area contributed by atoms with E-state index in [0.29, 0.717) is 18.0 Å². The Labute approximate surface area is 283 Å². The molecule has 0 bridgehead atoms. The van der Waals surface area contributed by atoms with Gasteiger partial charge in [-0.25, -0.2) is 0 Å². The van der Waals surface area contributed by atoms with E-state index in [4.69, 9.17) is 21.4 Å². The monoisotopic (exact) mass is 660 g/mol. The summed E-state index contributed by atoms with van der Waals surface area (Å²) in [4.78, 5) is 22.0. The smallest absolute Gasteiger partial charge is 0.245 e. The molecule has 1 spiro atoms.